The summed E-state index contributed by atoms with van der Waals surface area (Å²) in [7, 11) is 0. The molecular formula is C11H18. The van der Waals surface area contributed by atoms with Gasteiger partial charge in [-0.3, -0.25) is 0 Å². The van der Waals surface area contributed by atoms with E-state index in [9.17, 15) is 0 Å². The second-order valence-electron chi connectivity index (χ2n) is 5.23. The van der Waals surface area contributed by atoms with Crippen LogP contribution >= 0.6 is 0 Å². The summed E-state index contributed by atoms with van der Waals surface area (Å²) in [5.41, 5.74) is 0.916. The largest absolute Gasteiger partial charge is 0.0651 e. The van der Waals surface area contributed by atoms with Crippen molar-refractivity contribution in [3.05, 3.63) is 0 Å². The lowest BCUT2D eigenvalue weighted by atomic mass is 9.93. The van der Waals surface area contributed by atoms with Crippen LogP contribution < -0.4 is 0 Å². The first-order valence-electron chi connectivity index (χ1n) is 5.28. The van der Waals surface area contributed by atoms with Gasteiger partial charge in [-0.15, -0.1) is 0 Å². The molecule has 0 nitrogen and oxygen atoms in total. The molecule has 0 radical (unpaired) electrons. The predicted octanol–water partition coefficient (Wildman–Crippen LogP) is 3.08. The molecule has 3 fully saturated rings. The van der Waals surface area contributed by atoms with Crippen LogP contribution in [0.5, 0.6) is 0 Å². The highest BCUT2D eigenvalue weighted by molar-refractivity contribution is 5.19. The van der Waals surface area contributed by atoms with Gasteiger partial charge in [-0.25, -0.2) is 0 Å². The summed E-state index contributed by atoms with van der Waals surface area (Å²) < 4.78 is 0. The van der Waals surface area contributed by atoms with Crippen LogP contribution in [-0.4, -0.2) is 0 Å². The Hall–Kier alpha value is 0. The molecule has 62 valence electrons. The van der Waals surface area contributed by atoms with Gasteiger partial charge in [0.2, 0.25) is 0 Å². The van der Waals surface area contributed by atoms with E-state index < -0.39 is 0 Å². The Bertz CT molecular complexity index is 196. The third kappa shape index (κ3) is 0.625. The van der Waals surface area contributed by atoms with Gasteiger partial charge in [-0.2, -0.15) is 0 Å². The average molecular weight is 150 g/mol. The first kappa shape index (κ1) is 6.51. The second kappa shape index (κ2) is 1.67. The van der Waals surface area contributed by atoms with Crippen LogP contribution in [0.4, 0.5) is 0 Å². The van der Waals surface area contributed by atoms with E-state index in [0.717, 1.165) is 17.3 Å². The zero-order chi connectivity index (χ0) is 7.64. The summed E-state index contributed by atoms with van der Waals surface area (Å²) in [6.45, 7) is 4.85. The fraction of sp³-hybridized carbons (Fsp3) is 1.00. The molecule has 0 aromatic heterocycles. The maximum atomic E-state index is 2.48. The Balaban J connectivity index is 1.82. The minimum atomic E-state index is 0.916. The van der Waals surface area contributed by atoms with Gasteiger partial charge in [-0.1, -0.05) is 20.3 Å². The van der Waals surface area contributed by atoms with Crippen molar-refractivity contribution >= 4 is 0 Å². The van der Waals surface area contributed by atoms with E-state index in [2.05, 4.69) is 13.8 Å². The quantitative estimate of drug-likeness (QED) is 0.539. The van der Waals surface area contributed by atoms with Crippen LogP contribution in [-0.2, 0) is 0 Å². The average Bonchev–Trinajstić information content (AvgIpc) is 2.75. The van der Waals surface area contributed by atoms with Crippen molar-refractivity contribution in [3.8, 4) is 0 Å². The first-order chi connectivity index (χ1) is 5.28. The number of hydrogen-bond acceptors (Lipinski definition) is 0. The van der Waals surface area contributed by atoms with Crippen LogP contribution in [0.2, 0.25) is 0 Å². The monoisotopic (exact) mass is 150 g/mol. The summed E-state index contributed by atoms with van der Waals surface area (Å²) in [5.74, 6) is 4.59. The molecule has 0 heteroatoms. The van der Waals surface area contributed by atoms with Crippen LogP contribution in [0.25, 0.3) is 0 Å². The van der Waals surface area contributed by atoms with E-state index in [1.54, 1.807) is 19.3 Å². The van der Waals surface area contributed by atoms with E-state index in [-0.39, 0.29) is 0 Å². The molecule has 0 aromatic carbocycles. The third-order valence-corrected chi connectivity index (χ3v) is 4.78. The molecule has 3 aliphatic carbocycles. The van der Waals surface area contributed by atoms with E-state index in [4.69, 9.17) is 0 Å². The molecule has 5 atom stereocenters. The number of fused-ring (bicyclic) bond motifs is 2. The third-order valence-electron chi connectivity index (χ3n) is 4.78. The molecule has 0 amide bonds. The normalized spacial score (nSPS) is 64.9. The van der Waals surface area contributed by atoms with E-state index in [1.165, 1.54) is 18.3 Å². The standard InChI is InChI=1S/C11H18/c1-3-8-6-11(8)5-7(2)9-4-10(9)11/h7-10H,3-6H2,1-2H3/t7-,8?,9?,10?,11?/m0/s1. The van der Waals surface area contributed by atoms with Gasteiger partial charge >= 0.3 is 0 Å². The highest BCUT2D eigenvalue weighted by Gasteiger charge is 2.70. The van der Waals surface area contributed by atoms with Crippen molar-refractivity contribution < 1.29 is 0 Å². The van der Waals surface area contributed by atoms with Crippen LogP contribution in [0.3, 0.4) is 0 Å². The minimum absolute atomic E-state index is 0.916. The van der Waals surface area contributed by atoms with Crippen LogP contribution in [0, 0.1) is 29.1 Å². The summed E-state index contributed by atoms with van der Waals surface area (Å²) in [5, 5.41) is 0. The van der Waals surface area contributed by atoms with Gasteiger partial charge in [-0.05, 0) is 48.3 Å². The smallest absolute Gasteiger partial charge is 0.0232 e. The number of hydrogen-bond donors (Lipinski definition) is 0. The lowest BCUT2D eigenvalue weighted by Crippen LogP contribution is -2.04. The lowest BCUT2D eigenvalue weighted by molar-refractivity contribution is 0.373. The molecule has 3 saturated carbocycles. The molecule has 0 bridgehead atoms. The van der Waals surface area contributed by atoms with Gasteiger partial charge in [0.05, 0.1) is 0 Å². The summed E-state index contributed by atoms with van der Waals surface area (Å²) >= 11 is 0. The van der Waals surface area contributed by atoms with Gasteiger partial charge in [0.1, 0.15) is 0 Å². The summed E-state index contributed by atoms with van der Waals surface area (Å²) in [6, 6.07) is 0. The van der Waals surface area contributed by atoms with Crippen molar-refractivity contribution in [2.75, 3.05) is 0 Å². The molecule has 3 aliphatic rings. The zero-order valence-electron chi connectivity index (χ0n) is 7.64. The fourth-order valence-electron chi connectivity index (χ4n) is 4.06. The highest BCUT2D eigenvalue weighted by Crippen LogP contribution is 2.78. The molecule has 0 heterocycles. The fourth-order valence-corrected chi connectivity index (χ4v) is 4.06. The zero-order valence-corrected chi connectivity index (χ0v) is 7.64. The molecule has 0 aromatic rings. The van der Waals surface area contributed by atoms with Crippen molar-refractivity contribution in [2.45, 2.75) is 39.5 Å². The van der Waals surface area contributed by atoms with Gasteiger partial charge in [0.25, 0.3) is 0 Å². The Morgan fingerprint density at radius 1 is 1.36 bits per heavy atom. The number of rotatable bonds is 1. The Morgan fingerprint density at radius 2 is 2.18 bits per heavy atom. The molecule has 0 aliphatic heterocycles. The van der Waals surface area contributed by atoms with Gasteiger partial charge < -0.3 is 0 Å². The highest BCUT2D eigenvalue weighted by atomic mass is 14.7. The Morgan fingerprint density at radius 3 is 2.55 bits per heavy atom. The van der Waals surface area contributed by atoms with Gasteiger partial charge in [0, 0.05) is 0 Å². The maximum Gasteiger partial charge on any atom is -0.0232 e. The first-order valence-corrected chi connectivity index (χ1v) is 5.28. The van der Waals surface area contributed by atoms with Crippen LogP contribution in [0.15, 0.2) is 0 Å². The molecule has 1 spiro atoms. The predicted molar refractivity (Wildman–Crippen MR) is 46.2 cm³/mol. The van der Waals surface area contributed by atoms with Crippen molar-refractivity contribution in [1.82, 2.24) is 0 Å². The molecule has 11 heavy (non-hydrogen) atoms. The summed E-state index contributed by atoms with van der Waals surface area (Å²) in [4.78, 5) is 0. The molecular weight excluding hydrogens is 132 g/mol. The van der Waals surface area contributed by atoms with Gasteiger partial charge in [0.15, 0.2) is 0 Å². The Labute approximate surface area is 69.4 Å². The topological polar surface area (TPSA) is 0 Å². The van der Waals surface area contributed by atoms with E-state index >= 15 is 0 Å². The second-order valence-corrected chi connectivity index (χ2v) is 5.23. The Kier molecular flexibility index (Phi) is 0.990. The summed E-state index contributed by atoms with van der Waals surface area (Å²) in [6.07, 6.45) is 6.23. The van der Waals surface area contributed by atoms with E-state index in [1.807, 2.05) is 0 Å². The maximum absolute atomic E-state index is 2.48. The molecule has 0 N–H and O–H groups in total. The molecule has 0 saturated heterocycles. The van der Waals surface area contributed by atoms with Crippen molar-refractivity contribution in [2.24, 2.45) is 29.1 Å². The minimum Gasteiger partial charge on any atom is -0.0651 e. The SMILES string of the molecule is CCC1CC12C[C@H](C)C1CC12. The van der Waals surface area contributed by atoms with Crippen molar-refractivity contribution in [3.63, 3.8) is 0 Å². The molecule has 3 rings (SSSR count). The van der Waals surface area contributed by atoms with Crippen LogP contribution in [0.1, 0.15) is 39.5 Å². The molecule has 4 unspecified atom stereocenters. The van der Waals surface area contributed by atoms with Crippen molar-refractivity contribution in [1.29, 1.82) is 0 Å². The van der Waals surface area contributed by atoms with E-state index in [0.29, 0.717) is 0 Å². The lowest BCUT2D eigenvalue weighted by Gasteiger charge is -2.12.